The number of nitro benzene ring substituents is 1. The first-order valence-corrected chi connectivity index (χ1v) is 5.94. The van der Waals surface area contributed by atoms with Crippen LogP contribution in [0.3, 0.4) is 0 Å². The summed E-state index contributed by atoms with van der Waals surface area (Å²) in [6.07, 6.45) is 0. The Morgan fingerprint density at radius 3 is 2.80 bits per heavy atom. The molecule has 9 nitrogen and oxygen atoms in total. The molecule has 0 radical (unpaired) electrons. The lowest BCUT2D eigenvalue weighted by atomic mass is 10.3. The number of nitrogens with zero attached hydrogens (tertiary/aromatic N) is 5. The fourth-order valence-corrected chi connectivity index (χ4v) is 1.61. The molecule has 0 bridgehead atoms. The molecule has 106 valence electrons. The number of tetrazole rings is 1. The molecule has 1 N–H and O–H groups in total. The van der Waals surface area contributed by atoms with Crippen molar-refractivity contribution in [3.05, 3.63) is 40.2 Å². The van der Waals surface area contributed by atoms with Gasteiger partial charge in [0, 0.05) is 25.8 Å². The number of aromatic nitrogens is 4. The smallest absolute Gasteiger partial charge is 0.269 e. The first-order valence-electron chi connectivity index (χ1n) is 5.94. The molecule has 0 aliphatic rings. The van der Waals surface area contributed by atoms with Gasteiger partial charge in [0.15, 0.2) is 5.82 Å². The number of ether oxygens (including phenoxy) is 1. The van der Waals surface area contributed by atoms with Crippen LogP contribution in [0.25, 0.3) is 5.69 Å². The SMILES string of the molecule is COCCNCc1nnnn1-c1ccc([N+](=O)[O-])cc1. The highest BCUT2D eigenvalue weighted by Gasteiger charge is 2.10. The van der Waals surface area contributed by atoms with E-state index in [9.17, 15) is 10.1 Å². The summed E-state index contributed by atoms with van der Waals surface area (Å²) in [5.74, 6) is 0.620. The van der Waals surface area contributed by atoms with E-state index < -0.39 is 4.92 Å². The molecule has 1 aromatic heterocycles. The predicted molar refractivity (Wildman–Crippen MR) is 69.4 cm³/mol. The zero-order valence-electron chi connectivity index (χ0n) is 10.9. The van der Waals surface area contributed by atoms with E-state index >= 15 is 0 Å². The number of non-ortho nitro benzene ring substituents is 1. The summed E-state index contributed by atoms with van der Waals surface area (Å²) in [7, 11) is 1.63. The lowest BCUT2D eigenvalue weighted by Crippen LogP contribution is -2.21. The van der Waals surface area contributed by atoms with Crippen LogP contribution in [0.5, 0.6) is 0 Å². The Hall–Kier alpha value is -2.39. The molecular weight excluding hydrogens is 264 g/mol. The molecule has 20 heavy (non-hydrogen) atoms. The van der Waals surface area contributed by atoms with Crippen molar-refractivity contribution in [2.45, 2.75) is 6.54 Å². The Kier molecular flexibility index (Phi) is 4.69. The Labute approximate surface area is 114 Å². The summed E-state index contributed by atoms with van der Waals surface area (Å²) in [5.41, 5.74) is 0.700. The van der Waals surface area contributed by atoms with Gasteiger partial charge in [0.05, 0.1) is 23.8 Å². The molecule has 0 saturated carbocycles. The fraction of sp³-hybridized carbons (Fsp3) is 0.364. The van der Waals surface area contributed by atoms with Crippen molar-refractivity contribution in [3.8, 4) is 5.69 Å². The van der Waals surface area contributed by atoms with E-state index in [1.807, 2.05) is 0 Å². The van der Waals surface area contributed by atoms with Crippen molar-refractivity contribution < 1.29 is 9.66 Å². The van der Waals surface area contributed by atoms with Crippen LogP contribution in [-0.2, 0) is 11.3 Å². The van der Waals surface area contributed by atoms with E-state index in [0.29, 0.717) is 31.2 Å². The van der Waals surface area contributed by atoms with Gasteiger partial charge in [-0.25, -0.2) is 0 Å². The number of hydrogen-bond donors (Lipinski definition) is 1. The quantitative estimate of drug-likeness (QED) is 0.441. The Bertz CT molecular complexity index is 568. The summed E-state index contributed by atoms with van der Waals surface area (Å²) >= 11 is 0. The maximum Gasteiger partial charge on any atom is 0.269 e. The van der Waals surface area contributed by atoms with E-state index in [1.165, 1.54) is 16.8 Å². The van der Waals surface area contributed by atoms with Crippen LogP contribution < -0.4 is 5.32 Å². The second-order valence-electron chi connectivity index (χ2n) is 3.95. The highest BCUT2D eigenvalue weighted by Crippen LogP contribution is 2.15. The third kappa shape index (κ3) is 3.33. The minimum absolute atomic E-state index is 0.0293. The maximum absolute atomic E-state index is 10.6. The van der Waals surface area contributed by atoms with Crippen LogP contribution in [0.2, 0.25) is 0 Å². The number of benzene rings is 1. The molecule has 0 amide bonds. The molecule has 1 aromatic carbocycles. The number of nitro groups is 1. The van der Waals surface area contributed by atoms with Gasteiger partial charge < -0.3 is 10.1 Å². The molecule has 0 spiro atoms. The summed E-state index contributed by atoms with van der Waals surface area (Å²) in [6.45, 7) is 1.76. The monoisotopic (exact) mass is 278 g/mol. The number of hydrogen-bond acceptors (Lipinski definition) is 7. The fourth-order valence-electron chi connectivity index (χ4n) is 1.61. The normalized spacial score (nSPS) is 10.7. The Morgan fingerprint density at radius 1 is 1.40 bits per heavy atom. The zero-order valence-corrected chi connectivity index (χ0v) is 10.9. The molecule has 0 fully saturated rings. The maximum atomic E-state index is 10.6. The van der Waals surface area contributed by atoms with Crippen molar-refractivity contribution in [1.29, 1.82) is 0 Å². The van der Waals surface area contributed by atoms with Crippen LogP contribution in [0, 0.1) is 10.1 Å². The van der Waals surface area contributed by atoms with Crippen molar-refractivity contribution in [2.75, 3.05) is 20.3 Å². The number of rotatable bonds is 7. The molecule has 0 saturated heterocycles. The summed E-state index contributed by atoms with van der Waals surface area (Å²) in [4.78, 5) is 10.2. The van der Waals surface area contributed by atoms with Crippen molar-refractivity contribution in [1.82, 2.24) is 25.5 Å². The first kappa shape index (κ1) is 14.0. The third-order valence-electron chi connectivity index (χ3n) is 2.61. The average molecular weight is 278 g/mol. The molecule has 2 aromatic rings. The number of nitrogens with one attached hydrogen (secondary N) is 1. The zero-order chi connectivity index (χ0) is 14.4. The number of methoxy groups -OCH3 is 1. The van der Waals surface area contributed by atoms with Crippen LogP contribution in [-0.4, -0.2) is 45.4 Å². The van der Waals surface area contributed by atoms with E-state index in [2.05, 4.69) is 20.8 Å². The first-order chi connectivity index (χ1) is 9.72. The van der Waals surface area contributed by atoms with Crippen molar-refractivity contribution in [2.24, 2.45) is 0 Å². The van der Waals surface area contributed by atoms with E-state index in [1.54, 1.807) is 19.2 Å². The molecule has 1 heterocycles. The molecule has 0 aliphatic carbocycles. The average Bonchev–Trinajstić information content (AvgIpc) is 2.92. The Morgan fingerprint density at radius 2 is 2.15 bits per heavy atom. The second-order valence-corrected chi connectivity index (χ2v) is 3.95. The van der Waals surface area contributed by atoms with Crippen LogP contribution in [0.1, 0.15) is 5.82 Å². The van der Waals surface area contributed by atoms with Gasteiger partial charge in [-0.15, -0.1) is 5.10 Å². The standard InChI is InChI=1S/C11H14N6O3/c1-20-7-6-12-8-11-13-14-15-16(11)9-2-4-10(5-3-9)17(18)19/h2-5,12H,6-8H2,1H3. The molecule has 0 aliphatic heterocycles. The van der Waals surface area contributed by atoms with Gasteiger partial charge in [-0.3, -0.25) is 10.1 Å². The molecule has 2 rings (SSSR count). The van der Waals surface area contributed by atoms with Gasteiger partial charge in [0.2, 0.25) is 0 Å². The highest BCUT2D eigenvalue weighted by atomic mass is 16.6. The van der Waals surface area contributed by atoms with Gasteiger partial charge in [0.1, 0.15) is 0 Å². The summed E-state index contributed by atoms with van der Waals surface area (Å²) in [6, 6.07) is 6.04. The van der Waals surface area contributed by atoms with Gasteiger partial charge in [-0.1, -0.05) is 0 Å². The van der Waals surface area contributed by atoms with Gasteiger partial charge >= 0.3 is 0 Å². The topological polar surface area (TPSA) is 108 Å². The molecule has 9 heteroatoms. The van der Waals surface area contributed by atoms with E-state index in [0.717, 1.165) is 0 Å². The molecule has 0 unspecified atom stereocenters. The largest absolute Gasteiger partial charge is 0.383 e. The Balaban J connectivity index is 2.08. The van der Waals surface area contributed by atoms with Crippen LogP contribution in [0.15, 0.2) is 24.3 Å². The minimum Gasteiger partial charge on any atom is -0.383 e. The summed E-state index contributed by atoms with van der Waals surface area (Å²) < 4.78 is 6.46. The lowest BCUT2D eigenvalue weighted by molar-refractivity contribution is -0.384. The predicted octanol–water partition coefficient (Wildman–Crippen LogP) is 0.307. The van der Waals surface area contributed by atoms with Gasteiger partial charge in [-0.05, 0) is 22.6 Å². The lowest BCUT2D eigenvalue weighted by Gasteiger charge is -2.05. The van der Waals surface area contributed by atoms with E-state index in [4.69, 9.17) is 4.74 Å². The van der Waals surface area contributed by atoms with Crippen LogP contribution >= 0.6 is 0 Å². The van der Waals surface area contributed by atoms with Crippen LogP contribution in [0.4, 0.5) is 5.69 Å². The van der Waals surface area contributed by atoms with Crippen molar-refractivity contribution in [3.63, 3.8) is 0 Å². The van der Waals surface area contributed by atoms with Crippen molar-refractivity contribution >= 4 is 5.69 Å². The minimum atomic E-state index is -0.448. The highest BCUT2D eigenvalue weighted by molar-refractivity contribution is 5.40. The van der Waals surface area contributed by atoms with Gasteiger partial charge in [-0.2, -0.15) is 4.68 Å². The molecule has 0 atom stereocenters. The molecular formula is C11H14N6O3. The van der Waals surface area contributed by atoms with Gasteiger partial charge in [0.25, 0.3) is 5.69 Å². The third-order valence-corrected chi connectivity index (χ3v) is 2.61. The summed E-state index contributed by atoms with van der Waals surface area (Å²) in [5, 5.41) is 25.1. The second kappa shape index (κ2) is 6.68. The van der Waals surface area contributed by atoms with E-state index in [-0.39, 0.29) is 5.69 Å².